The molecule has 2 heteroatoms. The molecule has 0 radical (unpaired) electrons. The van der Waals surface area contributed by atoms with Gasteiger partial charge >= 0.3 is 5.97 Å². The lowest BCUT2D eigenvalue weighted by Crippen LogP contribution is -2.07. The largest absolute Gasteiger partial charge is 0.459 e. The first-order chi connectivity index (χ1) is 6.74. The predicted molar refractivity (Wildman–Crippen MR) is 57.0 cm³/mol. The zero-order valence-electron chi connectivity index (χ0n) is 9.21. The summed E-state index contributed by atoms with van der Waals surface area (Å²) in [7, 11) is 0. The van der Waals surface area contributed by atoms with Gasteiger partial charge in [-0.3, -0.25) is 0 Å². The lowest BCUT2D eigenvalue weighted by molar-refractivity contribution is -0.140. The van der Waals surface area contributed by atoms with Crippen LogP contribution in [0.3, 0.4) is 0 Å². The standard InChI is InChI=1S/C12H20O2/c1-3-4-5-6-7-10(2)12(13)14-11-8-9-11/h7,11H,3-6,8-9H2,1-2H3. The van der Waals surface area contributed by atoms with Crippen molar-refractivity contribution in [2.45, 2.75) is 58.5 Å². The van der Waals surface area contributed by atoms with Crippen molar-refractivity contribution in [3.8, 4) is 0 Å². The molecule has 80 valence electrons. The van der Waals surface area contributed by atoms with Crippen LogP contribution < -0.4 is 0 Å². The number of ether oxygens (including phenoxy) is 1. The van der Waals surface area contributed by atoms with E-state index in [-0.39, 0.29) is 12.1 Å². The van der Waals surface area contributed by atoms with Crippen molar-refractivity contribution in [3.63, 3.8) is 0 Å². The molecule has 1 saturated carbocycles. The first-order valence-corrected chi connectivity index (χ1v) is 5.61. The molecule has 1 aliphatic carbocycles. The zero-order valence-corrected chi connectivity index (χ0v) is 9.21. The Morgan fingerprint density at radius 2 is 2.14 bits per heavy atom. The summed E-state index contributed by atoms with van der Waals surface area (Å²) in [5.41, 5.74) is 0.771. The first kappa shape index (κ1) is 11.3. The second-order valence-corrected chi connectivity index (χ2v) is 3.99. The monoisotopic (exact) mass is 196 g/mol. The summed E-state index contributed by atoms with van der Waals surface area (Å²) in [6.07, 6.45) is 8.95. The Kier molecular flexibility index (Phi) is 4.71. The normalized spacial score (nSPS) is 16.9. The van der Waals surface area contributed by atoms with Gasteiger partial charge in [0.15, 0.2) is 0 Å². The maximum Gasteiger partial charge on any atom is 0.333 e. The van der Waals surface area contributed by atoms with Crippen LogP contribution in [0.25, 0.3) is 0 Å². The quantitative estimate of drug-likeness (QED) is 0.370. The van der Waals surface area contributed by atoms with Gasteiger partial charge in [0, 0.05) is 5.57 Å². The Bertz CT molecular complexity index is 214. The zero-order chi connectivity index (χ0) is 10.4. The number of rotatable bonds is 6. The van der Waals surface area contributed by atoms with E-state index < -0.39 is 0 Å². The molecule has 0 spiro atoms. The van der Waals surface area contributed by atoms with Crippen molar-refractivity contribution in [1.29, 1.82) is 0 Å². The van der Waals surface area contributed by atoms with E-state index in [9.17, 15) is 4.79 Å². The molecule has 0 bridgehead atoms. The molecule has 1 fully saturated rings. The lowest BCUT2D eigenvalue weighted by Gasteiger charge is -2.02. The Labute approximate surface area is 86.3 Å². The van der Waals surface area contributed by atoms with Gasteiger partial charge in [-0.15, -0.1) is 0 Å². The Morgan fingerprint density at radius 3 is 2.71 bits per heavy atom. The average Bonchev–Trinajstić information content (AvgIpc) is 2.96. The van der Waals surface area contributed by atoms with Crippen LogP contribution in [0.5, 0.6) is 0 Å². The van der Waals surface area contributed by atoms with Gasteiger partial charge in [0.05, 0.1) is 0 Å². The highest BCUT2D eigenvalue weighted by atomic mass is 16.5. The van der Waals surface area contributed by atoms with E-state index in [4.69, 9.17) is 4.74 Å². The smallest absolute Gasteiger partial charge is 0.333 e. The third-order valence-electron chi connectivity index (χ3n) is 2.38. The molecule has 0 amide bonds. The van der Waals surface area contributed by atoms with Crippen LogP contribution in [-0.2, 0) is 9.53 Å². The van der Waals surface area contributed by atoms with E-state index in [0.717, 1.165) is 24.8 Å². The molecule has 0 aliphatic heterocycles. The van der Waals surface area contributed by atoms with E-state index in [2.05, 4.69) is 6.92 Å². The molecule has 0 N–H and O–H groups in total. The third-order valence-corrected chi connectivity index (χ3v) is 2.38. The highest BCUT2D eigenvalue weighted by molar-refractivity contribution is 5.87. The highest BCUT2D eigenvalue weighted by Gasteiger charge is 2.26. The van der Waals surface area contributed by atoms with Gasteiger partial charge < -0.3 is 4.74 Å². The number of unbranched alkanes of at least 4 members (excludes halogenated alkanes) is 3. The average molecular weight is 196 g/mol. The van der Waals surface area contributed by atoms with Crippen molar-refractivity contribution in [2.24, 2.45) is 0 Å². The van der Waals surface area contributed by atoms with Crippen LogP contribution in [-0.4, -0.2) is 12.1 Å². The van der Waals surface area contributed by atoms with Crippen molar-refractivity contribution in [1.82, 2.24) is 0 Å². The van der Waals surface area contributed by atoms with Gasteiger partial charge in [0.2, 0.25) is 0 Å². The number of allylic oxidation sites excluding steroid dienone is 1. The molecule has 0 atom stereocenters. The predicted octanol–water partition coefficient (Wildman–Crippen LogP) is 3.22. The molecular formula is C12H20O2. The molecule has 0 aromatic heterocycles. The van der Waals surface area contributed by atoms with Crippen LogP contribution >= 0.6 is 0 Å². The molecule has 0 aromatic rings. The topological polar surface area (TPSA) is 26.3 Å². The fraction of sp³-hybridized carbons (Fsp3) is 0.750. The first-order valence-electron chi connectivity index (χ1n) is 5.61. The summed E-state index contributed by atoms with van der Waals surface area (Å²) in [5, 5.41) is 0. The minimum atomic E-state index is -0.121. The molecule has 0 aromatic carbocycles. The Hall–Kier alpha value is -0.790. The van der Waals surface area contributed by atoms with E-state index in [1.165, 1.54) is 19.3 Å². The van der Waals surface area contributed by atoms with Crippen LogP contribution in [0.1, 0.15) is 52.4 Å². The van der Waals surface area contributed by atoms with E-state index in [1.807, 2.05) is 13.0 Å². The fourth-order valence-electron chi connectivity index (χ4n) is 1.23. The molecule has 0 saturated heterocycles. The van der Waals surface area contributed by atoms with Crippen LogP contribution in [0.2, 0.25) is 0 Å². The fourth-order valence-corrected chi connectivity index (χ4v) is 1.23. The molecular weight excluding hydrogens is 176 g/mol. The summed E-state index contributed by atoms with van der Waals surface area (Å²) >= 11 is 0. The minimum Gasteiger partial charge on any atom is -0.459 e. The number of carbonyl (C=O) groups excluding carboxylic acids is 1. The van der Waals surface area contributed by atoms with Gasteiger partial charge in [0.1, 0.15) is 6.10 Å². The van der Waals surface area contributed by atoms with Gasteiger partial charge in [-0.1, -0.05) is 25.8 Å². The molecule has 1 rings (SSSR count). The summed E-state index contributed by atoms with van der Waals surface area (Å²) in [6, 6.07) is 0. The molecule has 0 heterocycles. The van der Waals surface area contributed by atoms with Gasteiger partial charge in [-0.05, 0) is 32.6 Å². The van der Waals surface area contributed by atoms with Crippen LogP contribution in [0, 0.1) is 0 Å². The van der Waals surface area contributed by atoms with Crippen molar-refractivity contribution < 1.29 is 9.53 Å². The molecule has 14 heavy (non-hydrogen) atoms. The Balaban J connectivity index is 2.16. The maximum atomic E-state index is 11.4. The van der Waals surface area contributed by atoms with Crippen molar-refractivity contribution >= 4 is 5.97 Å². The van der Waals surface area contributed by atoms with Gasteiger partial charge in [-0.2, -0.15) is 0 Å². The van der Waals surface area contributed by atoms with Gasteiger partial charge in [0.25, 0.3) is 0 Å². The van der Waals surface area contributed by atoms with Crippen LogP contribution in [0.4, 0.5) is 0 Å². The van der Waals surface area contributed by atoms with E-state index in [0.29, 0.717) is 0 Å². The van der Waals surface area contributed by atoms with E-state index in [1.54, 1.807) is 0 Å². The van der Waals surface area contributed by atoms with Gasteiger partial charge in [-0.25, -0.2) is 4.79 Å². The Morgan fingerprint density at radius 1 is 1.43 bits per heavy atom. The van der Waals surface area contributed by atoms with Crippen molar-refractivity contribution in [2.75, 3.05) is 0 Å². The number of carbonyl (C=O) groups is 1. The number of hydrogen-bond donors (Lipinski definition) is 0. The maximum absolute atomic E-state index is 11.4. The second-order valence-electron chi connectivity index (χ2n) is 3.99. The van der Waals surface area contributed by atoms with Crippen LogP contribution in [0.15, 0.2) is 11.6 Å². The minimum absolute atomic E-state index is 0.121. The second kappa shape index (κ2) is 5.84. The molecule has 1 aliphatic rings. The third kappa shape index (κ3) is 4.45. The van der Waals surface area contributed by atoms with Crippen molar-refractivity contribution in [3.05, 3.63) is 11.6 Å². The summed E-state index contributed by atoms with van der Waals surface area (Å²) in [4.78, 5) is 11.4. The summed E-state index contributed by atoms with van der Waals surface area (Å²) in [5.74, 6) is -0.121. The number of hydrogen-bond acceptors (Lipinski definition) is 2. The lowest BCUT2D eigenvalue weighted by atomic mass is 10.1. The highest BCUT2D eigenvalue weighted by Crippen LogP contribution is 2.24. The summed E-state index contributed by atoms with van der Waals surface area (Å²) in [6.45, 7) is 4.02. The number of esters is 1. The van der Waals surface area contributed by atoms with E-state index >= 15 is 0 Å². The summed E-state index contributed by atoms with van der Waals surface area (Å²) < 4.78 is 5.17. The molecule has 0 unspecified atom stereocenters. The molecule has 2 nitrogen and oxygen atoms in total. The SMILES string of the molecule is CCCCCC=C(C)C(=O)OC1CC1.